The Bertz CT molecular complexity index is 586. The highest BCUT2D eigenvalue weighted by atomic mass is 16.5. The SMILES string of the molecule is CCCCN(C)C(=O)C1CC1C(=O)Nc1ccccc1OC(C)C. The predicted octanol–water partition coefficient (Wildman–Crippen LogP) is 3.31. The third-order valence-corrected chi connectivity index (χ3v) is 4.18. The second-order valence-electron chi connectivity index (χ2n) is 6.71. The van der Waals surface area contributed by atoms with Gasteiger partial charge in [-0.25, -0.2) is 0 Å². The molecule has 0 spiro atoms. The van der Waals surface area contributed by atoms with Crippen LogP contribution in [0.3, 0.4) is 0 Å². The summed E-state index contributed by atoms with van der Waals surface area (Å²) in [6, 6.07) is 7.39. The Balaban J connectivity index is 1.92. The van der Waals surface area contributed by atoms with E-state index in [1.165, 1.54) is 0 Å². The number of anilines is 1. The first-order valence-electron chi connectivity index (χ1n) is 8.75. The summed E-state index contributed by atoms with van der Waals surface area (Å²) in [5.74, 6) is 0.232. The van der Waals surface area contributed by atoms with Gasteiger partial charge in [0.15, 0.2) is 0 Å². The van der Waals surface area contributed by atoms with Crippen LogP contribution < -0.4 is 10.1 Å². The van der Waals surface area contributed by atoms with Crippen molar-refractivity contribution in [2.24, 2.45) is 11.8 Å². The fraction of sp³-hybridized carbons (Fsp3) is 0.579. The van der Waals surface area contributed by atoms with Crippen LogP contribution in [0.5, 0.6) is 5.75 Å². The molecule has 1 aromatic rings. The van der Waals surface area contributed by atoms with Gasteiger partial charge < -0.3 is 15.0 Å². The molecule has 0 aliphatic heterocycles. The van der Waals surface area contributed by atoms with Gasteiger partial charge in [-0.05, 0) is 38.8 Å². The van der Waals surface area contributed by atoms with Gasteiger partial charge in [0.2, 0.25) is 11.8 Å². The van der Waals surface area contributed by atoms with Gasteiger partial charge in [-0.2, -0.15) is 0 Å². The van der Waals surface area contributed by atoms with E-state index in [2.05, 4.69) is 12.2 Å². The zero-order valence-electron chi connectivity index (χ0n) is 15.0. The Labute approximate surface area is 144 Å². The van der Waals surface area contributed by atoms with Crippen LogP contribution in [0.15, 0.2) is 24.3 Å². The second kappa shape index (κ2) is 8.18. The van der Waals surface area contributed by atoms with Crippen molar-refractivity contribution in [2.75, 3.05) is 18.9 Å². The van der Waals surface area contributed by atoms with Crippen LogP contribution in [0.2, 0.25) is 0 Å². The van der Waals surface area contributed by atoms with Gasteiger partial charge in [-0.1, -0.05) is 25.5 Å². The molecule has 1 N–H and O–H groups in total. The summed E-state index contributed by atoms with van der Waals surface area (Å²) in [6.07, 6.45) is 2.71. The average molecular weight is 332 g/mol. The van der Waals surface area contributed by atoms with Crippen molar-refractivity contribution in [3.8, 4) is 5.75 Å². The van der Waals surface area contributed by atoms with Crippen molar-refractivity contribution in [3.63, 3.8) is 0 Å². The summed E-state index contributed by atoms with van der Waals surface area (Å²) < 4.78 is 5.71. The fourth-order valence-electron chi connectivity index (χ4n) is 2.70. The molecule has 5 nitrogen and oxygen atoms in total. The lowest BCUT2D eigenvalue weighted by Crippen LogP contribution is -2.30. The van der Waals surface area contributed by atoms with E-state index in [1.807, 2.05) is 45.2 Å². The molecule has 0 saturated heterocycles. The number of hydrogen-bond acceptors (Lipinski definition) is 3. The minimum atomic E-state index is -0.228. The fourth-order valence-corrected chi connectivity index (χ4v) is 2.70. The molecular weight excluding hydrogens is 304 g/mol. The van der Waals surface area contributed by atoms with Gasteiger partial charge in [-0.3, -0.25) is 9.59 Å². The molecule has 2 rings (SSSR count). The molecular formula is C19H28N2O3. The number of unbranched alkanes of at least 4 members (excludes halogenated alkanes) is 1. The Morgan fingerprint density at radius 2 is 2.00 bits per heavy atom. The van der Waals surface area contributed by atoms with Gasteiger partial charge in [0, 0.05) is 13.6 Å². The maximum atomic E-state index is 12.4. The number of nitrogens with zero attached hydrogens (tertiary/aromatic N) is 1. The van der Waals surface area contributed by atoms with Gasteiger partial charge in [0.1, 0.15) is 5.75 Å². The summed E-state index contributed by atoms with van der Waals surface area (Å²) >= 11 is 0. The highest BCUT2D eigenvalue weighted by molar-refractivity contribution is 6.00. The maximum absolute atomic E-state index is 12.4. The van der Waals surface area contributed by atoms with Crippen molar-refractivity contribution in [1.82, 2.24) is 4.90 Å². The number of hydrogen-bond donors (Lipinski definition) is 1. The molecule has 1 aromatic carbocycles. The Morgan fingerprint density at radius 1 is 1.29 bits per heavy atom. The first-order chi connectivity index (χ1) is 11.4. The zero-order valence-corrected chi connectivity index (χ0v) is 15.0. The molecule has 0 bridgehead atoms. The Morgan fingerprint density at radius 3 is 2.67 bits per heavy atom. The first-order valence-corrected chi connectivity index (χ1v) is 8.75. The normalized spacial score (nSPS) is 19.0. The molecule has 1 aliphatic carbocycles. The van der Waals surface area contributed by atoms with Crippen molar-refractivity contribution < 1.29 is 14.3 Å². The largest absolute Gasteiger partial charge is 0.489 e. The van der Waals surface area contributed by atoms with E-state index < -0.39 is 0 Å². The molecule has 0 aromatic heterocycles. The van der Waals surface area contributed by atoms with Crippen LogP contribution in [-0.2, 0) is 9.59 Å². The number of carbonyl (C=O) groups excluding carboxylic acids is 2. The van der Waals surface area contributed by atoms with Crippen LogP contribution in [-0.4, -0.2) is 36.4 Å². The number of nitrogens with one attached hydrogen (secondary N) is 1. The molecule has 24 heavy (non-hydrogen) atoms. The molecule has 5 heteroatoms. The van der Waals surface area contributed by atoms with E-state index in [0.717, 1.165) is 19.4 Å². The highest BCUT2D eigenvalue weighted by Crippen LogP contribution is 2.41. The number of benzene rings is 1. The van der Waals surface area contributed by atoms with Crippen LogP contribution >= 0.6 is 0 Å². The van der Waals surface area contributed by atoms with E-state index in [0.29, 0.717) is 17.9 Å². The number of para-hydroxylation sites is 2. The van der Waals surface area contributed by atoms with Crippen LogP contribution in [0.1, 0.15) is 40.0 Å². The summed E-state index contributed by atoms with van der Waals surface area (Å²) in [5.41, 5.74) is 0.661. The molecule has 2 unspecified atom stereocenters. The molecule has 1 saturated carbocycles. The molecule has 1 fully saturated rings. The van der Waals surface area contributed by atoms with Crippen molar-refractivity contribution in [1.29, 1.82) is 0 Å². The number of rotatable bonds is 8. The van der Waals surface area contributed by atoms with E-state index >= 15 is 0 Å². The van der Waals surface area contributed by atoms with Gasteiger partial charge in [-0.15, -0.1) is 0 Å². The first kappa shape index (κ1) is 18.3. The van der Waals surface area contributed by atoms with Crippen LogP contribution in [0.25, 0.3) is 0 Å². The predicted molar refractivity (Wildman–Crippen MR) is 95.0 cm³/mol. The molecule has 0 radical (unpaired) electrons. The number of amides is 2. The van der Waals surface area contributed by atoms with Crippen molar-refractivity contribution >= 4 is 17.5 Å². The standard InChI is InChI=1S/C19H28N2O3/c1-5-6-11-21(4)19(23)15-12-14(15)18(22)20-16-9-7-8-10-17(16)24-13(2)3/h7-10,13-15H,5-6,11-12H2,1-4H3,(H,20,22). The van der Waals surface area contributed by atoms with Gasteiger partial charge in [0.05, 0.1) is 23.6 Å². The Hall–Kier alpha value is -2.04. The highest BCUT2D eigenvalue weighted by Gasteiger charge is 2.49. The van der Waals surface area contributed by atoms with E-state index in [4.69, 9.17) is 4.74 Å². The lowest BCUT2D eigenvalue weighted by atomic mass is 10.2. The average Bonchev–Trinajstić information content (AvgIpc) is 3.34. The van der Waals surface area contributed by atoms with Crippen molar-refractivity contribution in [2.45, 2.75) is 46.1 Å². The maximum Gasteiger partial charge on any atom is 0.228 e. The monoisotopic (exact) mass is 332 g/mol. The molecule has 1 aliphatic rings. The summed E-state index contributed by atoms with van der Waals surface area (Å²) in [7, 11) is 1.82. The van der Waals surface area contributed by atoms with E-state index in [-0.39, 0.29) is 29.8 Å². The second-order valence-corrected chi connectivity index (χ2v) is 6.71. The molecule has 2 amide bonds. The minimum Gasteiger partial charge on any atom is -0.489 e. The quantitative estimate of drug-likeness (QED) is 0.794. The lowest BCUT2D eigenvalue weighted by molar-refractivity contribution is -0.132. The topological polar surface area (TPSA) is 58.6 Å². The summed E-state index contributed by atoms with van der Waals surface area (Å²) in [5, 5.41) is 2.91. The smallest absolute Gasteiger partial charge is 0.228 e. The van der Waals surface area contributed by atoms with Crippen LogP contribution in [0.4, 0.5) is 5.69 Å². The van der Waals surface area contributed by atoms with E-state index in [9.17, 15) is 9.59 Å². The number of ether oxygens (including phenoxy) is 1. The number of carbonyl (C=O) groups is 2. The molecule has 0 heterocycles. The molecule has 132 valence electrons. The molecule has 2 atom stereocenters. The third kappa shape index (κ3) is 4.73. The lowest BCUT2D eigenvalue weighted by Gasteiger charge is -2.17. The zero-order chi connectivity index (χ0) is 17.7. The summed E-state index contributed by atoms with van der Waals surface area (Å²) in [6.45, 7) is 6.74. The van der Waals surface area contributed by atoms with Gasteiger partial charge >= 0.3 is 0 Å². The minimum absolute atomic E-state index is 0.0329. The third-order valence-electron chi connectivity index (χ3n) is 4.18. The summed E-state index contributed by atoms with van der Waals surface area (Å²) in [4.78, 5) is 26.5. The van der Waals surface area contributed by atoms with E-state index in [1.54, 1.807) is 4.90 Å². The Kier molecular flexibility index (Phi) is 6.23. The van der Waals surface area contributed by atoms with Crippen molar-refractivity contribution in [3.05, 3.63) is 24.3 Å². The van der Waals surface area contributed by atoms with Gasteiger partial charge in [0.25, 0.3) is 0 Å². The van der Waals surface area contributed by atoms with Crippen LogP contribution in [0, 0.1) is 11.8 Å².